The molecular formula is C18H34O5. The van der Waals surface area contributed by atoms with Gasteiger partial charge in [0.15, 0.2) is 0 Å². The molecule has 0 saturated carbocycles. The number of allylic oxidation sites excluding steroid dienone is 1. The van der Waals surface area contributed by atoms with Crippen molar-refractivity contribution >= 4 is 5.97 Å². The van der Waals surface area contributed by atoms with Crippen LogP contribution in [0.15, 0.2) is 12.2 Å². The molecule has 0 aromatic rings. The van der Waals surface area contributed by atoms with E-state index in [0.717, 1.165) is 51.4 Å². The molecule has 0 saturated heterocycles. The Hall–Kier alpha value is -0.910. The predicted octanol–water partition coefficient (Wildman–Crippen LogP) is 3.02. The van der Waals surface area contributed by atoms with Gasteiger partial charge in [0.05, 0.1) is 6.10 Å². The number of aliphatic hydroxyl groups is 3. The van der Waals surface area contributed by atoms with Crippen molar-refractivity contribution in [1.29, 1.82) is 0 Å². The Labute approximate surface area is 140 Å². The molecule has 136 valence electrons. The van der Waals surface area contributed by atoms with Gasteiger partial charge in [0.25, 0.3) is 0 Å². The molecule has 0 bridgehead atoms. The summed E-state index contributed by atoms with van der Waals surface area (Å²) < 4.78 is 0. The highest BCUT2D eigenvalue weighted by Gasteiger charge is 2.21. The van der Waals surface area contributed by atoms with Crippen molar-refractivity contribution in [3.05, 3.63) is 12.2 Å². The number of hydrogen-bond donors (Lipinski definition) is 4. The molecule has 5 nitrogen and oxygen atoms in total. The minimum atomic E-state index is -1.15. The summed E-state index contributed by atoms with van der Waals surface area (Å²) in [5.74, 6) is -0.764. The van der Waals surface area contributed by atoms with Crippen LogP contribution >= 0.6 is 0 Å². The van der Waals surface area contributed by atoms with Gasteiger partial charge < -0.3 is 20.4 Å². The van der Waals surface area contributed by atoms with Crippen LogP contribution < -0.4 is 0 Å². The Kier molecular flexibility index (Phi) is 14.1. The van der Waals surface area contributed by atoms with E-state index in [9.17, 15) is 20.1 Å². The summed E-state index contributed by atoms with van der Waals surface area (Å²) in [4.78, 5) is 10.4. The molecule has 0 aliphatic carbocycles. The second-order valence-corrected chi connectivity index (χ2v) is 6.17. The molecule has 0 aromatic heterocycles. The van der Waals surface area contributed by atoms with Gasteiger partial charge >= 0.3 is 5.97 Å². The van der Waals surface area contributed by atoms with Gasteiger partial charge in [-0.15, -0.1) is 0 Å². The summed E-state index contributed by atoms with van der Waals surface area (Å²) in [5, 5.41) is 38.1. The second-order valence-electron chi connectivity index (χ2n) is 6.17. The van der Waals surface area contributed by atoms with Gasteiger partial charge in [0.2, 0.25) is 0 Å². The normalized spacial score (nSPS) is 15.7. The number of hydrogen-bond acceptors (Lipinski definition) is 4. The summed E-state index contributed by atoms with van der Waals surface area (Å²) >= 11 is 0. The van der Waals surface area contributed by atoms with Crippen LogP contribution in [-0.2, 0) is 4.79 Å². The Morgan fingerprint density at radius 2 is 1.61 bits per heavy atom. The number of aliphatic hydroxyl groups excluding tert-OH is 3. The van der Waals surface area contributed by atoms with Crippen LogP contribution in [0.3, 0.4) is 0 Å². The molecule has 0 aliphatic rings. The Morgan fingerprint density at radius 1 is 0.957 bits per heavy atom. The van der Waals surface area contributed by atoms with E-state index in [2.05, 4.69) is 6.92 Å². The number of aliphatic carboxylic acids is 1. The highest BCUT2D eigenvalue weighted by Crippen LogP contribution is 2.13. The predicted molar refractivity (Wildman–Crippen MR) is 91.3 cm³/mol. The van der Waals surface area contributed by atoms with E-state index in [-0.39, 0.29) is 6.42 Å². The lowest BCUT2D eigenvalue weighted by atomic mass is 10.0. The minimum absolute atomic E-state index is 0.206. The van der Waals surface area contributed by atoms with Gasteiger partial charge in [-0.25, -0.2) is 0 Å². The molecule has 0 amide bonds. The van der Waals surface area contributed by atoms with Gasteiger partial charge in [-0.1, -0.05) is 57.6 Å². The highest BCUT2D eigenvalue weighted by molar-refractivity contribution is 5.66. The van der Waals surface area contributed by atoms with Gasteiger partial charge in [0.1, 0.15) is 12.2 Å². The third-order valence-corrected chi connectivity index (χ3v) is 3.94. The zero-order valence-electron chi connectivity index (χ0n) is 14.4. The third kappa shape index (κ3) is 13.2. The molecule has 0 radical (unpaired) electrons. The summed E-state index contributed by atoms with van der Waals surface area (Å²) in [7, 11) is 0. The summed E-state index contributed by atoms with van der Waals surface area (Å²) in [6.45, 7) is 2.13. The van der Waals surface area contributed by atoms with Gasteiger partial charge in [-0.05, 0) is 25.7 Å². The van der Waals surface area contributed by atoms with Gasteiger partial charge in [-0.2, -0.15) is 0 Å². The molecule has 5 heteroatoms. The Bertz CT molecular complexity index is 317. The molecule has 0 heterocycles. The van der Waals surface area contributed by atoms with E-state index in [1.165, 1.54) is 0 Å². The van der Waals surface area contributed by atoms with Crippen molar-refractivity contribution in [2.24, 2.45) is 0 Å². The van der Waals surface area contributed by atoms with Crippen LogP contribution in [0.5, 0.6) is 0 Å². The van der Waals surface area contributed by atoms with Crippen LogP contribution in [0.4, 0.5) is 0 Å². The number of rotatable bonds is 15. The van der Waals surface area contributed by atoms with Gasteiger partial charge in [-0.3, -0.25) is 4.79 Å². The molecule has 0 rings (SSSR count). The topological polar surface area (TPSA) is 98.0 Å². The monoisotopic (exact) mass is 330 g/mol. The van der Waals surface area contributed by atoms with Crippen molar-refractivity contribution < 1.29 is 25.2 Å². The van der Waals surface area contributed by atoms with E-state index in [4.69, 9.17) is 5.11 Å². The summed E-state index contributed by atoms with van der Waals surface area (Å²) in [6, 6.07) is 0. The zero-order chi connectivity index (χ0) is 17.5. The minimum Gasteiger partial charge on any atom is -0.481 e. The first kappa shape index (κ1) is 22.1. The molecule has 0 aliphatic heterocycles. The van der Waals surface area contributed by atoms with Crippen LogP contribution in [0, 0.1) is 0 Å². The standard InChI is InChI=1S/C18H34O5/c1-2-3-4-6-9-12-15(19)18(23)16(20)13-10-7-5-8-11-14-17(21)22/h9,12,15-16,18-20,23H,2-8,10-11,13-14H2,1H3,(H,21,22)/b12-9-/t15-,16+,18-/m0/s1. The fourth-order valence-electron chi connectivity index (χ4n) is 2.42. The maximum atomic E-state index is 10.4. The molecule has 0 spiro atoms. The maximum Gasteiger partial charge on any atom is 0.303 e. The fraction of sp³-hybridized carbons (Fsp3) is 0.833. The van der Waals surface area contributed by atoms with Gasteiger partial charge in [0, 0.05) is 6.42 Å². The molecule has 0 fully saturated rings. The highest BCUT2D eigenvalue weighted by atomic mass is 16.4. The van der Waals surface area contributed by atoms with E-state index in [1.54, 1.807) is 6.08 Å². The second kappa shape index (κ2) is 14.7. The average molecular weight is 330 g/mol. The largest absolute Gasteiger partial charge is 0.481 e. The lowest BCUT2D eigenvalue weighted by Gasteiger charge is -2.20. The maximum absolute atomic E-state index is 10.4. The smallest absolute Gasteiger partial charge is 0.303 e. The van der Waals surface area contributed by atoms with Crippen molar-refractivity contribution in [1.82, 2.24) is 0 Å². The third-order valence-electron chi connectivity index (χ3n) is 3.94. The summed E-state index contributed by atoms with van der Waals surface area (Å²) in [5.41, 5.74) is 0. The first-order valence-corrected chi connectivity index (χ1v) is 8.91. The van der Waals surface area contributed by atoms with E-state index < -0.39 is 24.3 Å². The molecule has 3 atom stereocenters. The first-order valence-electron chi connectivity index (χ1n) is 8.91. The number of carboxylic acids is 1. The van der Waals surface area contributed by atoms with Crippen LogP contribution in [0.2, 0.25) is 0 Å². The molecular weight excluding hydrogens is 296 g/mol. The van der Waals surface area contributed by atoms with Crippen molar-refractivity contribution in [2.45, 2.75) is 95.9 Å². The molecule has 0 aromatic carbocycles. The van der Waals surface area contributed by atoms with Crippen LogP contribution in [0.1, 0.15) is 77.6 Å². The fourth-order valence-corrected chi connectivity index (χ4v) is 2.42. The molecule has 4 N–H and O–H groups in total. The number of carbonyl (C=O) groups is 1. The van der Waals surface area contributed by atoms with Crippen molar-refractivity contribution in [2.75, 3.05) is 0 Å². The van der Waals surface area contributed by atoms with E-state index >= 15 is 0 Å². The summed E-state index contributed by atoms with van der Waals surface area (Å²) in [6.07, 6.45) is 9.36. The quantitative estimate of drug-likeness (QED) is 0.273. The zero-order valence-corrected chi connectivity index (χ0v) is 14.4. The Morgan fingerprint density at radius 3 is 2.26 bits per heavy atom. The molecule has 0 unspecified atom stereocenters. The van der Waals surface area contributed by atoms with Crippen LogP contribution in [-0.4, -0.2) is 44.7 Å². The number of unbranched alkanes of at least 4 members (excludes halogenated alkanes) is 7. The first-order chi connectivity index (χ1) is 11.0. The molecule has 23 heavy (non-hydrogen) atoms. The van der Waals surface area contributed by atoms with Crippen molar-refractivity contribution in [3.63, 3.8) is 0 Å². The SMILES string of the molecule is CCCCC/C=C\[C@H](O)[C@H](O)[C@H](O)CCCCCCCC(=O)O. The lowest BCUT2D eigenvalue weighted by Crippen LogP contribution is -2.36. The van der Waals surface area contributed by atoms with E-state index in [0.29, 0.717) is 12.8 Å². The lowest BCUT2D eigenvalue weighted by molar-refractivity contribution is -0.137. The van der Waals surface area contributed by atoms with E-state index in [1.807, 2.05) is 6.08 Å². The van der Waals surface area contributed by atoms with Crippen LogP contribution in [0.25, 0.3) is 0 Å². The van der Waals surface area contributed by atoms with Crippen molar-refractivity contribution in [3.8, 4) is 0 Å². The average Bonchev–Trinajstić information content (AvgIpc) is 2.52. The number of carboxylic acid groups (broad SMARTS) is 1. The Balaban J connectivity index is 3.71.